The molecule has 4 aromatic rings. The Morgan fingerprint density at radius 2 is 1.74 bits per heavy atom. The normalized spacial score (nSPS) is 11.8. The number of aryl methyl sites for hydroxylation is 2. The molecule has 0 aliphatic carbocycles. The van der Waals surface area contributed by atoms with E-state index in [1.807, 2.05) is 32.0 Å². The molecule has 7 heteroatoms. The Labute approximate surface area is 181 Å². The van der Waals surface area contributed by atoms with Crippen molar-refractivity contribution in [2.24, 2.45) is 0 Å². The summed E-state index contributed by atoms with van der Waals surface area (Å²) in [6.45, 7) is 4.01. The Kier molecular flexibility index (Phi) is 5.71. The number of nitrogens with one attached hydrogen (secondary N) is 1. The highest BCUT2D eigenvalue weighted by Gasteiger charge is 2.26. The molecular formula is C24H23N3O3S. The van der Waals surface area contributed by atoms with Crippen LogP contribution in [0.4, 0.5) is 0 Å². The van der Waals surface area contributed by atoms with E-state index >= 15 is 0 Å². The van der Waals surface area contributed by atoms with Crippen molar-refractivity contribution in [1.82, 2.24) is 14.3 Å². The first-order valence-electron chi connectivity index (χ1n) is 9.92. The maximum atomic E-state index is 13.4. The number of aromatic amines is 1. The van der Waals surface area contributed by atoms with Crippen LogP contribution in [0.5, 0.6) is 0 Å². The van der Waals surface area contributed by atoms with Crippen molar-refractivity contribution in [2.75, 3.05) is 0 Å². The molecule has 0 amide bonds. The zero-order valence-corrected chi connectivity index (χ0v) is 18.2. The number of benzene rings is 2. The fraction of sp³-hybridized carbons (Fsp3) is 0.167. The van der Waals surface area contributed by atoms with Gasteiger partial charge in [0.15, 0.2) is 0 Å². The molecule has 0 unspecified atom stereocenters. The molecule has 0 atom stereocenters. The molecule has 6 nitrogen and oxygen atoms in total. The number of H-pyrrole nitrogens is 1. The highest BCUT2D eigenvalue weighted by atomic mass is 32.2. The van der Waals surface area contributed by atoms with Gasteiger partial charge >= 0.3 is 0 Å². The monoisotopic (exact) mass is 433 g/mol. The van der Waals surface area contributed by atoms with Crippen LogP contribution in [0.15, 0.2) is 82.7 Å². The minimum Gasteiger partial charge on any atom is -0.322 e. The number of pyridine rings is 2. The van der Waals surface area contributed by atoms with Gasteiger partial charge in [-0.3, -0.25) is 9.78 Å². The fourth-order valence-electron chi connectivity index (χ4n) is 3.69. The van der Waals surface area contributed by atoms with Crippen molar-refractivity contribution in [1.29, 1.82) is 0 Å². The highest BCUT2D eigenvalue weighted by Crippen LogP contribution is 2.23. The predicted octanol–water partition coefficient (Wildman–Crippen LogP) is 3.93. The molecule has 4 rings (SSSR count). The Morgan fingerprint density at radius 3 is 2.45 bits per heavy atom. The van der Waals surface area contributed by atoms with E-state index in [0.29, 0.717) is 5.56 Å². The van der Waals surface area contributed by atoms with Crippen molar-refractivity contribution >= 4 is 20.9 Å². The fourth-order valence-corrected chi connectivity index (χ4v) is 5.11. The second-order valence-corrected chi connectivity index (χ2v) is 9.55. The minimum absolute atomic E-state index is 0.0509. The first kappa shape index (κ1) is 21.0. The van der Waals surface area contributed by atoms with E-state index in [9.17, 15) is 13.2 Å². The van der Waals surface area contributed by atoms with Gasteiger partial charge in [0.25, 0.3) is 5.56 Å². The second kappa shape index (κ2) is 8.45. The van der Waals surface area contributed by atoms with E-state index in [2.05, 4.69) is 9.97 Å². The van der Waals surface area contributed by atoms with Crippen LogP contribution in [0.25, 0.3) is 10.9 Å². The third-order valence-electron chi connectivity index (χ3n) is 5.20. The van der Waals surface area contributed by atoms with Crippen molar-refractivity contribution in [3.8, 4) is 0 Å². The summed E-state index contributed by atoms with van der Waals surface area (Å²) >= 11 is 0. The smallest absolute Gasteiger partial charge is 0.252 e. The van der Waals surface area contributed by atoms with Crippen molar-refractivity contribution < 1.29 is 8.42 Å². The van der Waals surface area contributed by atoms with E-state index in [4.69, 9.17) is 0 Å². The summed E-state index contributed by atoms with van der Waals surface area (Å²) in [5.74, 6) is 0. The van der Waals surface area contributed by atoms with Gasteiger partial charge in [0.1, 0.15) is 0 Å². The molecule has 1 N–H and O–H groups in total. The molecular weight excluding hydrogens is 410 g/mol. The number of sulfonamides is 1. The van der Waals surface area contributed by atoms with Gasteiger partial charge in [-0.2, -0.15) is 4.31 Å². The summed E-state index contributed by atoms with van der Waals surface area (Å²) in [4.78, 5) is 20.0. The average Bonchev–Trinajstić information content (AvgIpc) is 2.75. The van der Waals surface area contributed by atoms with E-state index < -0.39 is 10.0 Å². The van der Waals surface area contributed by atoms with Crippen LogP contribution in [0.2, 0.25) is 0 Å². The number of hydrogen-bond donors (Lipinski definition) is 1. The third-order valence-corrected chi connectivity index (χ3v) is 7.00. The van der Waals surface area contributed by atoms with Crippen LogP contribution in [0.1, 0.15) is 22.3 Å². The van der Waals surface area contributed by atoms with E-state index in [0.717, 1.165) is 27.6 Å². The van der Waals surface area contributed by atoms with Crippen LogP contribution >= 0.6 is 0 Å². The van der Waals surface area contributed by atoms with Crippen LogP contribution in [0.3, 0.4) is 0 Å². The maximum Gasteiger partial charge on any atom is 0.252 e. The van der Waals surface area contributed by atoms with Crippen LogP contribution in [0, 0.1) is 13.8 Å². The first-order chi connectivity index (χ1) is 14.8. The van der Waals surface area contributed by atoms with Crippen LogP contribution < -0.4 is 5.56 Å². The van der Waals surface area contributed by atoms with Gasteiger partial charge in [0, 0.05) is 41.9 Å². The number of rotatable bonds is 6. The summed E-state index contributed by atoms with van der Waals surface area (Å²) in [6.07, 6.45) is 3.27. The molecule has 0 spiro atoms. The first-order valence-corrected chi connectivity index (χ1v) is 11.4. The van der Waals surface area contributed by atoms with Gasteiger partial charge in [-0.15, -0.1) is 0 Å². The Morgan fingerprint density at radius 1 is 0.968 bits per heavy atom. The lowest BCUT2D eigenvalue weighted by molar-refractivity contribution is 0.399. The molecule has 0 saturated carbocycles. The molecule has 2 heterocycles. The Balaban J connectivity index is 1.79. The highest BCUT2D eigenvalue weighted by molar-refractivity contribution is 7.89. The summed E-state index contributed by atoms with van der Waals surface area (Å²) in [5.41, 5.74) is 3.66. The molecule has 2 aromatic heterocycles. The quantitative estimate of drug-likeness (QED) is 0.499. The summed E-state index contributed by atoms with van der Waals surface area (Å²) in [5, 5.41) is 0.902. The largest absolute Gasteiger partial charge is 0.322 e. The van der Waals surface area contributed by atoms with Gasteiger partial charge in [-0.25, -0.2) is 8.42 Å². The van der Waals surface area contributed by atoms with Gasteiger partial charge < -0.3 is 4.98 Å². The van der Waals surface area contributed by atoms with Crippen molar-refractivity contribution in [3.63, 3.8) is 0 Å². The zero-order valence-electron chi connectivity index (χ0n) is 17.4. The van der Waals surface area contributed by atoms with Crippen LogP contribution in [-0.2, 0) is 23.1 Å². The third kappa shape index (κ3) is 4.42. The Bertz CT molecular complexity index is 1380. The SMILES string of the molecule is Cc1cc(C)c2cc(CN(Cc3cccnc3)S(=O)(=O)c3ccccc3)c(=O)[nH]c2c1. The lowest BCUT2D eigenvalue weighted by Gasteiger charge is -2.22. The van der Waals surface area contributed by atoms with E-state index in [-0.39, 0.29) is 23.5 Å². The molecule has 0 aliphatic heterocycles. The standard InChI is InChI=1S/C24H23N3O3S/c1-17-11-18(2)22-13-20(24(28)26-23(22)12-17)16-27(15-19-7-6-10-25-14-19)31(29,30)21-8-4-3-5-9-21/h3-14H,15-16H2,1-2H3,(H,26,28). The van der Waals surface area contributed by atoms with Gasteiger partial charge in [0.2, 0.25) is 10.0 Å². The molecule has 2 aromatic carbocycles. The molecule has 0 radical (unpaired) electrons. The summed E-state index contributed by atoms with van der Waals surface area (Å²) in [7, 11) is -3.83. The average molecular weight is 434 g/mol. The van der Waals surface area contributed by atoms with Crippen LogP contribution in [-0.4, -0.2) is 22.7 Å². The van der Waals surface area contributed by atoms with Gasteiger partial charge in [-0.1, -0.05) is 30.3 Å². The van der Waals surface area contributed by atoms with Crippen molar-refractivity contribution in [2.45, 2.75) is 31.8 Å². The number of hydrogen-bond acceptors (Lipinski definition) is 4. The molecule has 0 saturated heterocycles. The topological polar surface area (TPSA) is 83.1 Å². The second-order valence-electron chi connectivity index (χ2n) is 7.61. The lowest BCUT2D eigenvalue weighted by Crippen LogP contribution is -2.32. The zero-order chi connectivity index (χ0) is 22.0. The van der Waals surface area contributed by atoms with E-state index in [1.165, 1.54) is 4.31 Å². The predicted molar refractivity (Wildman–Crippen MR) is 121 cm³/mol. The van der Waals surface area contributed by atoms with Crippen molar-refractivity contribution in [3.05, 3.63) is 106 Å². The summed E-state index contributed by atoms with van der Waals surface area (Å²) < 4.78 is 28.2. The Hall–Kier alpha value is -3.29. The maximum absolute atomic E-state index is 13.4. The number of fused-ring (bicyclic) bond motifs is 1. The summed E-state index contributed by atoms with van der Waals surface area (Å²) in [6, 6.07) is 17.6. The number of nitrogens with zero attached hydrogens (tertiary/aromatic N) is 2. The minimum atomic E-state index is -3.83. The van der Waals surface area contributed by atoms with Gasteiger partial charge in [-0.05, 0) is 60.9 Å². The molecule has 0 fully saturated rings. The van der Waals surface area contributed by atoms with E-state index in [1.54, 1.807) is 54.9 Å². The molecule has 0 aliphatic rings. The number of aromatic nitrogens is 2. The van der Waals surface area contributed by atoms with Gasteiger partial charge in [0.05, 0.1) is 4.90 Å². The molecule has 31 heavy (non-hydrogen) atoms. The molecule has 158 valence electrons. The lowest BCUT2D eigenvalue weighted by atomic mass is 10.0. The molecule has 0 bridgehead atoms.